The number of amides is 1. The molecule has 0 bridgehead atoms. The summed E-state index contributed by atoms with van der Waals surface area (Å²) in [6, 6.07) is 13.5. The Balaban J connectivity index is 1.60. The van der Waals surface area contributed by atoms with Crippen LogP contribution in [0.4, 0.5) is 5.69 Å². The Bertz CT molecular complexity index is 893. The highest BCUT2D eigenvalue weighted by Gasteiger charge is 2.24. The van der Waals surface area contributed by atoms with E-state index in [2.05, 4.69) is 11.5 Å². The van der Waals surface area contributed by atoms with Crippen LogP contribution in [0.5, 0.6) is 17.2 Å². The first-order valence-corrected chi connectivity index (χ1v) is 10.5. The molecule has 1 amide bonds. The first-order chi connectivity index (χ1) is 14.7. The Morgan fingerprint density at radius 3 is 2.73 bits per heavy atom. The number of para-hydroxylation sites is 1. The topological polar surface area (TPSA) is 51.2 Å². The van der Waals surface area contributed by atoms with E-state index in [4.69, 9.17) is 14.2 Å². The van der Waals surface area contributed by atoms with E-state index in [9.17, 15) is 4.79 Å². The van der Waals surface area contributed by atoms with Crippen LogP contribution in [0, 0.1) is 0 Å². The van der Waals surface area contributed by atoms with Crippen LogP contribution in [0.25, 0.3) is 0 Å². The maximum absolute atomic E-state index is 13.4. The van der Waals surface area contributed by atoms with E-state index in [-0.39, 0.29) is 12.7 Å². The van der Waals surface area contributed by atoms with Gasteiger partial charge in [-0.05, 0) is 44.1 Å². The third-order valence-electron chi connectivity index (χ3n) is 5.43. The number of piperidine rings is 1. The fraction of sp³-hybridized carbons (Fsp3) is 0.375. The summed E-state index contributed by atoms with van der Waals surface area (Å²) in [5, 5.41) is 0. The van der Waals surface area contributed by atoms with Crippen LogP contribution < -0.4 is 19.1 Å². The van der Waals surface area contributed by atoms with E-state index in [1.807, 2.05) is 47.4 Å². The van der Waals surface area contributed by atoms with Crippen LogP contribution >= 0.6 is 0 Å². The second kappa shape index (κ2) is 9.67. The van der Waals surface area contributed by atoms with E-state index >= 15 is 0 Å². The number of anilines is 1. The van der Waals surface area contributed by atoms with Crippen molar-refractivity contribution in [1.82, 2.24) is 4.90 Å². The Hall–Kier alpha value is -2.99. The van der Waals surface area contributed by atoms with Crippen LogP contribution in [-0.2, 0) is 11.3 Å². The molecule has 0 spiro atoms. The molecule has 158 valence electrons. The van der Waals surface area contributed by atoms with Crippen molar-refractivity contribution in [3.63, 3.8) is 0 Å². The zero-order valence-corrected chi connectivity index (χ0v) is 17.2. The summed E-state index contributed by atoms with van der Waals surface area (Å²) in [6.07, 6.45) is 5.25. The van der Waals surface area contributed by atoms with Gasteiger partial charge in [0.2, 0.25) is 12.7 Å². The number of ether oxygens (including phenoxy) is 3. The van der Waals surface area contributed by atoms with Gasteiger partial charge in [-0.3, -0.25) is 9.69 Å². The Morgan fingerprint density at radius 2 is 1.90 bits per heavy atom. The van der Waals surface area contributed by atoms with Gasteiger partial charge in [-0.1, -0.05) is 37.3 Å². The van der Waals surface area contributed by atoms with E-state index < -0.39 is 0 Å². The summed E-state index contributed by atoms with van der Waals surface area (Å²) in [5.41, 5.74) is 1.74. The Morgan fingerprint density at radius 1 is 1.10 bits per heavy atom. The van der Waals surface area contributed by atoms with Gasteiger partial charge >= 0.3 is 0 Å². The molecule has 0 unspecified atom stereocenters. The maximum Gasteiger partial charge on any atom is 0.241 e. The van der Waals surface area contributed by atoms with Crippen molar-refractivity contribution in [2.45, 2.75) is 25.8 Å². The summed E-state index contributed by atoms with van der Waals surface area (Å²) < 4.78 is 16.8. The summed E-state index contributed by atoms with van der Waals surface area (Å²) in [7, 11) is 0. The molecule has 1 fully saturated rings. The minimum absolute atomic E-state index is 0.0642. The lowest BCUT2D eigenvalue weighted by Crippen LogP contribution is -2.42. The number of benzene rings is 2. The third kappa shape index (κ3) is 4.76. The quantitative estimate of drug-likeness (QED) is 0.618. The molecule has 0 saturated carbocycles. The highest BCUT2D eigenvalue weighted by Crippen LogP contribution is 2.36. The van der Waals surface area contributed by atoms with Gasteiger partial charge in [0.05, 0.1) is 13.1 Å². The monoisotopic (exact) mass is 408 g/mol. The van der Waals surface area contributed by atoms with Crippen LogP contribution in [0.15, 0.2) is 55.1 Å². The lowest BCUT2D eigenvalue weighted by Gasteiger charge is -2.30. The van der Waals surface area contributed by atoms with Crippen LogP contribution in [0.3, 0.4) is 0 Å². The number of nitrogens with zero attached hydrogens (tertiary/aromatic N) is 2. The van der Waals surface area contributed by atoms with E-state index in [0.29, 0.717) is 31.2 Å². The number of likely N-dealkylation sites (tertiary alicyclic amines) is 1. The fourth-order valence-corrected chi connectivity index (χ4v) is 3.87. The predicted molar refractivity (Wildman–Crippen MR) is 116 cm³/mol. The molecule has 2 heterocycles. The molecule has 0 atom stereocenters. The molecule has 30 heavy (non-hydrogen) atoms. The standard InChI is InChI=1S/C24H28N2O4/c1-2-14-28-21-9-5-4-8-19(21)16-26(24(27)17-25-12-6-3-7-13-25)20-10-11-22-23(15-20)30-18-29-22/h2,4-5,8-11,15H,1,3,6-7,12-14,16-18H2. The molecule has 2 aromatic carbocycles. The molecule has 0 aromatic heterocycles. The van der Waals surface area contributed by atoms with Crippen molar-refractivity contribution in [3.05, 3.63) is 60.7 Å². The molecule has 0 N–H and O–H groups in total. The molecule has 6 heteroatoms. The van der Waals surface area contributed by atoms with Crippen LogP contribution in [-0.4, -0.2) is 43.8 Å². The third-order valence-corrected chi connectivity index (χ3v) is 5.43. The summed E-state index contributed by atoms with van der Waals surface area (Å²) in [5.74, 6) is 2.19. The smallest absolute Gasteiger partial charge is 0.241 e. The average molecular weight is 408 g/mol. The molecule has 1 saturated heterocycles. The normalized spacial score (nSPS) is 15.6. The molecule has 2 aromatic rings. The zero-order valence-electron chi connectivity index (χ0n) is 17.2. The van der Waals surface area contributed by atoms with Gasteiger partial charge in [-0.25, -0.2) is 0 Å². The highest BCUT2D eigenvalue weighted by molar-refractivity contribution is 5.95. The van der Waals surface area contributed by atoms with Gasteiger partial charge in [-0.2, -0.15) is 0 Å². The lowest BCUT2D eigenvalue weighted by molar-refractivity contribution is -0.120. The zero-order chi connectivity index (χ0) is 20.8. The number of carbonyl (C=O) groups excluding carboxylic acids is 1. The molecule has 2 aliphatic heterocycles. The molecular weight excluding hydrogens is 380 g/mol. The first-order valence-electron chi connectivity index (χ1n) is 10.5. The molecule has 0 aliphatic carbocycles. The van der Waals surface area contributed by atoms with E-state index in [1.165, 1.54) is 6.42 Å². The Labute approximate surface area is 177 Å². The largest absolute Gasteiger partial charge is 0.489 e. The second-order valence-electron chi connectivity index (χ2n) is 7.56. The van der Waals surface area contributed by atoms with Crippen molar-refractivity contribution in [1.29, 1.82) is 0 Å². The molecule has 0 radical (unpaired) electrons. The van der Waals surface area contributed by atoms with Crippen molar-refractivity contribution >= 4 is 11.6 Å². The number of carbonyl (C=O) groups is 1. The maximum atomic E-state index is 13.4. The average Bonchev–Trinajstić information content (AvgIpc) is 3.25. The minimum atomic E-state index is 0.0642. The SMILES string of the molecule is C=CCOc1ccccc1CN(C(=O)CN1CCCCC1)c1ccc2c(c1)OCO2. The van der Waals surface area contributed by atoms with Crippen molar-refractivity contribution in [3.8, 4) is 17.2 Å². The van der Waals surface area contributed by atoms with Crippen molar-refractivity contribution < 1.29 is 19.0 Å². The van der Waals surface area contributed by atoms with Gasteiger partial charge in [0.15, 0.2) is 11.5 Å². The van der Waals surface area contributed by atoms with E-state index in [0.717, 1.165) is 42.9 Å². The second-order valence-corrected chi connectivity index (χ2v) is 7.56. The summed E-state index contributed by atoms with van der Waals surface area (Å²) in [6.45, 7) is 7.11. The Kier molecular flexibility index (Phi) is 6.54. The molecule has 2 aliphatic rings. The van der Waals surface area contributed by atoms with Gasteiger partial charge in [0.1, 0.15) is 12.4 Å². The number of hydrogen-bond acceptors (Lipinski definition) is 5. The fourth-order valence-electron chi connectivity index (χ4n) is 3.87. The number of rotatable bonds is 8. The van der Waals surface area contributed by atoms with E-state index in [1.54, 1.807) is 6.08 Å². The van der Waals surface area contributed by atoms with Gasteiger partial charge < -0.3 is 19.1 Å². The predicted octanol–water partition coefficient (Wildman–Crippen LogP) is 4.00. The van der Waals surface area contributed by atoms with Crippen molar-refractivity contribution in [2.75, 3.05) is 37.9 Å². The summed E-state index contributed by atoms with van der Waals surface area (Å²) >= 11 is 0. The molecular formula is C24H28N2O4. The highest BCUT2D eigenvalue weighted by atomic mass is 16.7. The number of fused-ring (bicyclic) bond motifs is 1. The van der Waals surface area contributed by atoms with Gasteiger partial charge in [0, 0.05) is 17.3 Å². The molecule has 4 rings (SSSR count). The van der Waals surface area contributed by atoms with Gasteiger partial charge in [-0.15, -0.1) is 0 Å². The minimum Gasteiger partial charge on any atom is -0.489 e. The first kappa shape index (κ1) is 20.3. The van der Waals surface area contributed by atoms with Crippen LogP contribution in [0.1, 0.15) is 24.8 Å². The summed E-state index contributed by atoms with van der Waals surface area (Å²) in [4.78, 5) is 17.5. The van der Waals surface area contributed by atoms with Gasteiger partial charge in [0.25, 0.3) is 0 Å². The van der Waals surface area contributed by atoms with Crippen LogP contribution in [0.2, 0.25) is 0 Å². The molecule has 6 nitrogen and oxygen atoms in total. The van der Waals surface area contributed by atoms with Crippen molar-refractivity contribution in [2.24, 2.45) is 0 Å². The lowest BCUT2D eigenvalue weighted by atomic mass is 10.1. The number of hydrogen-bond donors (Lipinski definition) is 0.